The Bertz CT molecular complexity index is 746. The molecule has 1 aromatic heterocycles. The first-order valence-corrected chi connectivity index (χ1v) is 5.98. The van der Waals surface area contributed by atoms with Crippen LogP contribution < -0.4 is 10.3 Å². The van der Waals surface area contributed by atoms with Crippen molar-refractivity contribution in [2.45, 2.75) is 6.36 Å². The number of alkyl halides is 3. The van der Waals surface area contributed by atoms with Crippen molar-refractivity contribution < 1.29 is 22.7 Å². The van der Waals surface area contributed by atoms with Crippen molar-refractivity contribution in [1.82, 2.24) is 10.2 Å². The van der Waals surface area contributed by atoms with Crippen molar-refractivity contribution in [3.8, 4) is 5.75 Å². The molecule has 0 unspecified atom stereocenters. The third-order valence-electron chi connectivity index (χ3n) is 2.49. The predicted molar refractivity (Wildman–Crippen MR) is 71.3 cm³/mol. The number of halogens is 3. The summed E-state index contributed by atoms with van der Waals surface area (Å²) in [6, 6.07) is 7.72. The highest BCUT2D eigenvalue weighted by Gasteiger charge is 2.31. The minimum atomic E-state index is -4.82. The van der Waals surface area contributed by atoms with Crippen LogP contribution in [0, 0.1) is 0 Å². The van der Waals surface area contributed by atoms with E-state index >= 15 is 0 Å². The minimum Gasteiger partial charge on any atom is -0.405 e. The second-order valence-corrected chi connectivity index (χ2v) is 4.09. The highest BCUT2D eigenvalue weighted by Crippen LogP contribution is 2.27. The molecule has 2 aromatic rings. The lowest BCUT2D eigenvalue weighted by atomic mass is 10.1. The molecule has 5 nitrogen and oxygen atoms in total. The third-order valence-corrected chi connectivity index (χ3v) is 2.49. The van der Waals surface area contributed by atoms with Gasteiger partial charge in [0, 0.05) is 11.6 Å². The van der Waals surface area contributed by atoms with Crippen LogP contribution in [0.15, 0.2) is 47.3 Å². The molecule has 0 amide bonds. The van der Waals surface area contributed by atoms with Gasteiger partial charge in [-0.2, -0.15) is 5.10 Å². The summed E-state index contributed by atoms with van der Waals surface area (Å²) in [5.74, 6) is -0.994. The summed E-state index contributed by atoms with van der Waals surface area (Å²) in [5, 5.41) is 5.61. The molecule has 114 valence electrons. The maximum absolute atomic E-state index is 12.3. The van der Waals surface area contributed by atoms with E-state index < -0.39 is 23.5 Å². The number of para-hydroxylation sites is 1. The summed E-state index contributed by atoms with van der Waals surface area (Å²) in [4.78, 5) is 22.6. The monoisotopic (exact) mass is 310 g/mol. The lowest BCUT2D eigenvalue weighted by Gasteiger charge is -2.10. The Labute approximate surface area is 122 Å². The van der Waals surface area contributed by atoms with Gasteiger partial charge in [0.05, 0.1) is 0 Å². The number of rotatable bonds is 4. The number of nitrogens with zero attached hydrogens (tertiary/aromatic N) is 1. The predicted octanol–water partition coefficient (Wildman–Crippen LogP) is 2.56. The van der Waals surface area contributed by atoms with Crippen molar-refractivity contribution in [3.63, 3.8) is 0 Å². The molecule has 1 aromatic carbocycles. The first kappa shape index (κ1) is 15.5. The van der Waals surface area contributed by atoms with E-state index in [1.165, 1.54) is 30.3 Å². The molecule has 0 saturated carbocycles. The SMILES string of the molecule is O=C(/C=C/c1ccccc1OC(F)(F)F)c1ccc(=O)[nH]n1. The summed E-state index contributed by atoms with van der Waals surface area (Å²) in [6.45, 7) is 0. The van der Waals surface area contributed by atoms with Gasteiger partial charge in [0.1, 0.15) is 11.4 Å². The molecule has 0 saturated heterocycles. The molecule has 0 spiro atoms. The summed E-state index contributed by atoms with van der Waals surface area (Å²) < 4.78 is 40.7. The van der Waals surface area contributed by atoms with Gasteiger partial charge in [-0.3, -0.25) is 9.59 Å². The maximum atomic E-state index is 12.3. The van der Waals surface area contributed by atoms with Crippen LogP contribution in [0.3, 0.4) is 0 Å². The van der Waals surface area contributed by atoms with Crippen molar-refractivity contribution in [3.05, 3.63) is 64.1 Å². The van der Waals surface area contributed by atoms with Gasteiger partial charge in [0.15, 0.2) is 0 Å². The topological polar surface area (TPSA) is 72.1 Å². The molecule has 0 aliphatic rings. The standard InChI is InChI=1S/C14H9F3N2O3/c15-14(16,17)22-12-4-2-1-3-9(12)5-7-11(20)10-6-8-13(21)19-18-10/h1-8H,(H,19,21)/b7-5+. The van der Waals surface area contributed by atoms with Crippen LogP contribution in [-0.4, -0.2) is 22.3 Å². The van der Waals surface area contributed by atoms with Gasteiger partial charge in [-0.15, -0.1) is 13.2 Å². The number of H-pyrrole nitrogens is 1. The Morgan fingerprint density at radius 3 is 2.55 bits per heavy atom. The van der Waals surface area contributed by atoms with Gasteiger partial charge < -0.3 is 4.74 Å². The number of ether oxygens (including phenoxy) is 1. The maximum Gasteiger partial charge on any atom is 0.573 e. The van der Waals surface area contributed by atoms with Crippen molar-refractivity contribution in [2.75, 3.05) is 0 Å². The molecule has 0 aliphatic carbocycles. The summed E-state index contributed by atoms with van der Waals surface area (Å²) in [5.41, 5.74) is -0.424. The number of ketones is 1. The fraction of sp³-hybridized carbons (Fsp3) is 0.0714. The van der Waals surface area contributed by atoms with E-state index in [9.17, 15) is 22.8 Å². The van der Waals surface area contributed by atoms with Crippen LogP contribution >= 0.6 is 0 Å². The van der Waals surface area contributed by atoms with Crippen LogP contribution in [0.25, 0.3) is 6.08 Å². The molecular weight excluding hydrogens is 301 g/mol. The average molecular weight is 310 g/mol. The van der Waals surface area contributed by atoms with Crippen LogP contribution in [0.1, 0.15) is 16.1 Å². The first-order valence-electron chi connectivity index (χ1n) is 5.98. The van der Waals surface area contributed by atoms with E-state index in [-0.39, 0.29) is 11.3 Å². The fourth-order valence-corrected chi connectivity index (χ4v) is 1.57. The van der Waals surface area contributed by atoms with Crippen LogP contribution in [0.5, 0.6) is 5.75 Å². The highest BCUT2D eigenvalue weighted by atomic mass is 19.4. The smallest absolute Gasteiger partial charge is 0.405 e. The number of carbonyl (C=O) groups is 1. The average Bonchev–Trinajstić information content (AvgIpc) is 2.45. The van der Waals surface area contributed by atoms with E-state index in [4.69, 9.17) is 0 Å². The van der Waals surface area contributed by atoms with E-state index in [0.717, 1.165) is 18.2 Å². The first-order chi connectivity index (χ1) is 10.3. The van der Waals surface area contributed by atoms with Crippen molar-refractivity contribution in [1.29, 1.82) is 0 Å². The number of benzene rings is 1. The van der Waals surface area contributed by atoms with E-state index in [1.54, 1.807) is 0 Å². The Balaban J connectivity index is 2.21. The Hall–Kier alpha value is -2.90. The second kappa shape index (κ2) is 6.25. The number of aromatic amines is 1. The van der Waals surface area contributed by atoms with Crippen molar-refractivity contribution in [2.24, 2.45) is 0 Å². The molecule has 0 fully saturated rings. The molecule has 0 radical (unpaired) electrons. The molecule has 2 rings (SSSR count). The van der Waals surface area contributed by atoms with Crippen LogP contribution in [-0.2, 0) is 0 Å². The van der Waals surface area contributed by atoms with E-state index in [0.29, 0.717) is 0 Å². The lowest BCUT2D eigenvalue weighted by Crippen LogP contribution is -2.17. The van der Waals surface area contributed by atoms with E-state index in [1.807, 2.05) is 0 Å². The Kier molecular flexibility index (Phi) is 4.40. The van der Waals surface area contributed by atoms with Gasteiger partial charge in [-0.1, -0.05) is 18.2 Å². The normalized spacial score (nSPS) is 11.6. The molecule has 0 aliphatic heterocycles. The number of nitrogens with one attached hydrogen (secondary N) is 1. The summed E-state index contributed by atoms with van der Waals surface area (Å²) in [7, 11) is 0. The zero-order valence-corrected chi connectivity index (χ0v) is 10.9. The molecule has 0 bridgehead atoms. The van der Waals surface area contributed by atoms with Gasteiger partial charge in [-0.25, -0.2) is 5.10 Å². The molecule has 22 heavy (non-hydrogen) atoms. The Morgan fingerprint density at radius 1 is 1.18 bits per heavy atom. The lowest BCUT2D eigenvalue weighted by molar-refractivity contribution is -0.274. The van der Waals surface area contributed by atoms with Gasteiger partial charge in [-0.05, 0) is 24.3 Å². The number of aromatic nitrogens is 2. The van der Waals surface area contributed by atoms with E-state index in [2.05, 4.69) is 14.9 Å². The van der Waals surface area contributed by atoms with Gasteiger partial charge in [0.25, 0.3) is 5.56 Å². The third kappa shape index (κ3) is 4.30. The van der Waals surface area contributed by atoms with Gasteiger partial charge >= 0.3 is 6.36 Å². The fourth-order valence-electron chi connectivity index (χ4n) is 1.57. The van der Waals surface area contributed by atoms with Crippen LogP contribution in [0.4, 0.5) is 13.2 Å². The molecule has 1 N–H and O–H groups in total. The quantitative estimate of drug-likeness (QED) is 0.696. The van der Waals surface area contributed by atoms with Crippen LogP contribution in [0.2, 0.25) is 0 Å². The zero-order chi connectivity index (χ0) is 16.2. The molecule has 1 heterocycles. The van der Waals surface area contributed by atoms with Crippen molar-refractivity contribution >= 4 is 11.9 Å². The summed E-state index contributed by atoms with van der Waals surface area (Å²) >= 11 is 0. The number of hydrogen-bond acceptors (Lipinski definition) is 4. The summed E-state index contributed by atoms with van der Waals surface area (Å²) in [6.07, 6.45) is -2.61. The largest absolute Gasteiger partial charge is 0.573 e. The minimum absolute atomic E-state index is 0.0370. The number of hydrogen-bond donors (Lipinski definition) is 1. The Morgan fingerprint density at radius 2 is 1.91 bits per heavy atom. The zero-order valence-electron chi connectivity index (χ0n) is 10.9. The number of allylic oxidation sites excluding steroid dienone is 1. The molecular formula is C14H9F3N2O3. The molecule has 8 heteroatoms. The molecule has 0 atom stereocenters. The second-order valence-electron chi connectivity index (χ2n) is 4.09. The van der Waals surface area contributed by atoms with Gasteiger partial charge in [0.2, 0.25) is 5.78 Å². The highest BCUT2D eigenvalue weighted by molar-refractivity contribution is 6.05. The number of carbonyl (C=O) groups excluding carboxylic acids is 1.